The minimum Gasteiger partial charge on any atom is -0.508 e. The first-order chi connectivity index (χ1) is 8.52. The summed E-state index contributed by atoms with van der Waals surface area (Å²) in [5, 5.41) is 38.2. The minimum atomic E-state index is -0.200. The SMILES string of the molecule is COc1cc(-c2ccc(O)cc2O)c(O)cc1O. The molecular formula is C13H12O5. The Morgan fingerprint density at radius 1 is 0.778 bits per heavy atom. The predicted octanol–water partition coefficient (Wildman–Crippen LogP) is 2.18. The van der Waals surface area contributed by atoms with E-state index in [0.717, 1.165) is 12.1 Å². The van der Waals surface area contributed by atoms with Crippen molar-refractivity contribution < 1.29 is 25.2 Å². The van der Waals surface area contributed by atoms with Gasteiger partial charge >= 0.3 is 0 Å². The van der Waals surface area contributed by atoms with Crippen LogP contribution >= 0.6 is 0 Å². The summed E-state index contributed by atoms with van der Waals surface area (Å²) in [5.74, 6) is -0.485. The van der Waals surface area contributed by atoms with Gasteiger partial charge in [0.1, 0.15) is 17.2 Å². The number of hydrogen-bond donors (Lipinski definition) is 4. The van der Waals surface area contributed by atoms with E-state index in [1.54, 1.807) is 0 Å². The van der Waals surface area contributed by atoms with Gasteiger partial charge in [-0.05, 0) is 18.2 Å². The molecule has 5 nitrogen and oxygen atoms in total. The average Bonchev–Trinajstić information content (AvgIpc) is 2.30. The highest BCUT2D eigenvalue weighted by molar-refractivity contribution is 5.78. The van der Waals surface area contributed by atoms with Gasteiger partial charge in [-0.3, -0.25) is 0 Å². The maximum absolute atomic E-state index is 9.77. The second kappa shape index (κ2) is 4.37. The third-order valence-electron chi connectivity index (χ3n) is 2.57. The fraction of sp³-hybridized carbons (Fsp3) is 0.0769. The summed E-state index contributed by atoms with van der Waals surface area (Å²) >= 11 is 0. The number of methoxy groups -OCH3 is 1. The van der Waals surface area contributed by atoms with E-state index < -0.39 is 0 Å². The fourth-order valence-corrected chi connectivity index (χ4v) is 1.68. The van der Waals surface area contributed by atoms with Gasteiger partial charge < -0.3 is 25.2 Å². The Hall–Kier alpha value is -2.56. The molecule has 0 aliphatic heterocycles. The van der Waals surface area contributed by atoms with Crippen LogP contribution < -0.4 is 4.74 Å². The van der Waals surface area contributed by atoms with Gasteiger partial charge in [0.2, 0.25) is 0 Å². The first-order valence-electron chi connectivity index (χ1n) is 5.15. The third-order valence-corrected chi connectivity index (χ3v) is 2.57. The zero-order chi connectivity index (χ0) is 13.3. The third kappa shape index (κ3) is 1.98. The van der Waals surface area contributed by atoms with Crippen molar-refractivity contribution in [2.24, 2.45) is 0 Å². The first kappa shape index (κ1) is 11.9. The Morgan fingerprint density at radius 2 is 1.44 bits per heavy atom. The zero-order valence-corrected chi connectivity index (χ0v) is 9.58. The molecule has 0 atom stereocenters. The molecule has 0 saturated carbocycles. The molecule has 0 aliphatic rings. The van der Waals surface area contributed by atoms with Crippen molar-refractivity contribution in [1.29, 1.82) is 0 Å². The average molecular weight is 248 g/mol. The Balaban J connectivity index is 2.63. The molecule has 4 N–H and O–H groups in total. The number of aromatic hydroxyl groups is 4. The molecule has 5 heteroatoms. The molecule has 0 heterocycles. The molecule has 18 heavy (non-hydrogen) atoms. The van der Waals surface area contributed by atoms with E-state index >= 15 is 0 Å². The maximum atomic E-state index is 9.77. The summed E-state index contributed by atoms with van der Waals surface area (Å²) < 4.78 is 4.93. The highest BCUT2D eigenvalue weighted by atomic mass is 16.5. The molecule has 0 fully saturated rings. The lowest BCUT2D eigenvalue weighted by Gasteiger charge is -2.11. The van der Waals surface area contributed by atoms with E-state index in [1.807, 2.05) is 0 Å². The second-order valence-corrected chi connectivity index (χ2v) is 3.74. The quantitative estimate of drug-likeness (QED) is 0.654. The lowest BCUT2D eigenvalue weighted by atomic mass is 10.0. The molecule has 0 spiro atoms. The van der Waals surface area contributed by atoms with Crippen molar-refractivity contribution >= 4 is 0 Å². The van der Waals surface area contributed by atoms with Gasteiger partial charge in [-0.15, -0.1) is 0 Å². The number of hydrogen-bond acceptors (Lipinski definition) is 5. The normalized spacial score (nSPS) is 10.3. The molecule has 0 aromatic heterocycles. The molecule has 2 aromatic carbocycles. The smallest absolute Gasteiger partial charge is 0.161 e. The summed E-state index contributed by atoms with van der Waals surface area (Å²) in [4.78, 5) is 0. The van der Waals surface area contributed by atoms with Crippen LogP contribution in [0.25, 0.3) is 11.1 Å². The van der Waals surface area contributed by atoms with Crippen LogP contribution in [-0.2, 0) is 0 Å². The van der Waals surface area contributed by atoms with Crippen molar-refractivity contribution in [2.75, 3.05) is 7.11 Å². The van der Waals surface area contributed by atoms with Gasteiger partial charge in [0, 0.05) is 23.3 Å². The van der Waals surface area contributed by atoms with Crippen molar-refractivity contribution in [1.82, 2.24) is 0 Å². The van der Waals surface area contributed by atoms with Crippen LogP contribution in [0.4, 0.5) is 0 Å². The highest BCUT2D eigenvalue weighted by Crippen LogP contribution is 2.42. The molecule has 0 unspecified atom stereocenters. The largest absolute Gasteiger partial charge is 0.508 e. The number of phenols is 4. The van der Waals surface area contributed by atoms with Gasteiger partial charge in [0.25, 0.3) is 0 Å². The summed E-state index contributed by atoms with van der Waals surface area (Å²) in [6.45, 7) is 0. The molecule has 0 bridgehead atoms. The van der Waals surface area contributed by atoms with Crippen LogP contribution in [0.1, 0.15) is 0 Å². The van der Waals surface area contributed by atoms with Crippen LogP contribution in [0.15, 0.2) is 30.3 Å². The van der Waals surface area contributed by atoms with E-state index in [-0.39, 0.29) is 28.7 Å². The topological polar surface area (TPSA) is 90.2 Å². The van der Waals surface area contributed by atoms with Gasteiger partial charge in [0.15, 0.2) is 11.5 Å². The standard InChI is InChI=1S/C13H12O5/c1-18-13-5-9(11(16)6-12(13)17)8-3-2-7(14)4-10(8)15/h2-6,14-17H,1H3. The second-order valence-electron chi connectivity index (χ2n) is 3.74. The molecule has 2 aromatic rings. The maximum Gasteiger partial charge on any atom is 0.161 e. The van der Waals surface area contributed by atoms with Crippen LogP contribution in [0.3, 0.4) is 0 Å². The van der Waals surface area contributed by atoms with E-state index in [2.05, 4.69) is 0 Å². The minimum absolute atomic E-state index is 0.0820. The zero-order valence-electron chi connectivity index (χ0n) is 9.58. The number of benzene rings is 2. The van der Waals surface area contributed by atoms with Crippen LogP contribution in [0, 0.1) is 0 Å². The summed E-state index contributed by atoms with van der Waals surface area (Å²) in [6.07, 6.45) is 0. The lowest BCUT2D eigenvalue weighted by molar-refractivity contribution is 0.370. The predicted molar refractivity (Wildman–Crippen MR) is 65.1 cm³/mol. The summed E-state index contributed by atoms with van der Waals surface area (Å²) in [6, 6.07) is 6.52. The van der Waals surface area contributed by atoms with Crippen LogP contribution in [0.2, 0.25) is 0 Å². The van der Waals surface area contributed by atoms with Gasteiger partial charge in [-0.25, -0.2) is 0 Å². The van der Waals surface area contributed by atoms with E-state index in [4.69, 9.17) is 4.74 Å². The summed E-state index contributed by atoms with van der Waals surface area (Å²) in [7, 11) is 1.38. The van der Waals surface area contributed by atoms with Crippen molar-refractivity contribution in [3.8, 4) is 39.9 Å². The van der Waals surface area contributed by atoms with Gasteiger partial charge in [0.05, 0.1) is 7.11 Å². The molecular weight excluding hydrogens is 236 g/mol. The van der Waals surface area contributed by atoms with Crippen molar-refractivity contribution in [3.63, 3.8) is 0 Å². The van der Waals surface area contributed by atoms with E-state index in [1.165, 1.54) is 25.3 Å². The lowest BCUT2D eigenvalue weighted by Crippen LogP contribution is -1.87. The first-order valence-corrected chi connectivity index (χ1v) is 5.15. The Kier molecular flexibility index (Phi) is 2.89. The van der Waals surface area contributed by atoms with Crippen LogP contribution in [-0.4, -0.2) is 27.5 Å². The van der Waals surface area contributed by atoms with E-state index in [9.17, 15) is 20.4 Å². The fourth-order valence-electron chi connectivity index (χ4n) is 1.68. The Bertz CT molecular complexity index is 592. The molecule has 2 rings (SSSR count). The Labute approximate surface area is 103 Å². The van der Waals surface area contributed by atoms with Crippen LogP contribution in [0.5, 0.6) is 28.7 Å². The van der Waals surface area contributed by atoms with Gasteiger partial charge in [-0.2, -0.15) is 0 Å². The molecule has 0 saturated heterocycles. The Morgan fingerprint density at radius 3 is 2.06 bits per heavy atom. The number of ether oxygens (including phenoxy) is 1. The molecule has 94 valence electrons. The van der Waals surface area contributed by atoms with Crippen molar-refractivity contribution in [2.45, 2.75) is 0 Å². The van der Waals surface area contributed by atoms with E-state index in [0.29, 0.717) is 11.1 Å². The molecule has 0 aliphatic carbocycles. The molecule has 0 amide bonds. The number of rotatable bonds is 2. The van der Waals surface area contributed by atoms with Crippen molar-refractivity contribution in [3.05, 3.63) is 30.3 Å². The summed E-state index contributed by atoms with van der Waals surface area (Å²) in [5.41, 5.74) is 0.616. The monoisotopic (exact) mass is 248 g/mol. The molecule has 0 radical (unpaired) electrons. The van der Waals surface area contributed by atoms with Gasteiger partial charge in [-0.1, -0.05) is 0 Å². The highest BCUT2D eigenvalue weighted by Gasteiger charge is 2.14. The number of phenolic OH excluding ortho intramolecular Hbond substituents is 4.